The molecule has 5 nitrogen and oxygen atoms in total. The third-order valence-electron chi connectivity index (χ3n) is 4.54. The number of amides is 2. The summed E-state index contributed by atoms with van der Waals surface area (Å²) in [6.45, 7) is 6.56. The summed E-state index contributed by atoms with van der Waals surface area (Å²) in [5.74, 6) is -0.213. The summed E-state index contributed by atoms with van der Waals surface area (Å²) >= 11 is 0. The number of benzene rings is 1. The molecule has 0 heterocycles. The van der Waals surface area contributed by atoms with Crippen LogP contribution in [0.4, 0.5) is 0 Å². The van der Waals surface area contributed by atoms with Crippen LogP contribution in [-0.2, 0) is 4.79 Å². The van der Waals surface area contributed by atoms with Crippen LogP contribution < -0.4 is 10.8 Å². The highest BCUT2D eigenvalue weighted by Gasteiger charge is 2.13. The molecule has 0 aromatic heterocycles. The van der Waals surface area contributed by atoms with E-state index in [2.05, 4.69) is 31.0 Å². The van der Waals surface area contributed by atoms with E-state index in [0.29, 0.717) is 23.6 Å². The van der Waals surface area contributed by atoms with Crippen LogP contribution >= 0.6 is 0 Å². The Balaban J connectivity index is 1.85. The molecule has 0 fully saturated rings. The Morgan fingerprint density at radius 3 is 2.81 bits per heavy atom. The molecule has 1 atom stereocenters. The van der Waals surface area contributed by atoms with Crippen molar-refractivity contribution in [3.63, 3.8) is 0 Å². The fraction of sp³-hybridized carbons (Fsp3) is 0.273. The zero-order valence-corrected chi connectivity index (χ0v) is 15.6. The van der Waals surface area contributed by atoms with Crippen molar-refractivity contribution in [3.05, 3.63) is 77.4 Å². The third-order valence-corrected chi connectivity index (χ3v) is 4.54. The van der Waals surface area contributed by atoms with E-state index in [9.17, 15) is 9.59 Å². The van der Waals surface area contributed by atoms with Gasteiger partial charge in [-0.05, 0) is 55.9 Å². The molecule has 142 valence electrons. The van der Waals surface area contributed by atoms with Crippen LogP contribution in [0.1, 0.15) is 42.1 Å². The number of hydrogen-bond acceptors (Lipinski definition) is 3. The second-order valence-electron chi connectivity index (χ2n) is 6.64. The van der Waals surface area contributed by atoms with Gasteiger partial charge in [-0.3, -0.25) is 14.8 Å². The molecule has 1 unspecified atom stereocenters. The number of carbonyl (C=O) groups is 2. The third kappa shape index (κ3) is 6.72. The first kappa shape index (κ1) is 20.4. The number of hydroxylamine groups is 1. The monoisotopic (exact) mass is 366 g/mol. The number of rotatable bonds is 7. The normalized spacial score (nSPS) is 17.0. The van der Waals surface area contributed by atoms with Crippen LogP contribution in [0.2, 0.25) is 0 Å². The van der Waals surface area contributed by atoms with Crippen LogP contribution in [0.15, 0.2) is 66.3 Å². The summed E-state index contributed by atoms with van der Waals surface area (Å²) in [6.07, 6.45) is 12.2. The summed E-state index contributed by atoms with van der Waals surface area (Å²) < 4.78 is 0. The Bertz CT molecular complexity index is 791. The van der Waals surface area contributed by atoms with Gasteiger partial charge in [0.1, 0.15) is 0 Å². The van der Waals surface area contributed by atoms with Crippen molar-refractivity contribution < 1.29 is 14.8 Å². The van der Waals surface area contributed by atoms with E-state index in [1.54, 1.807) is 24.3 Å². The molecular weight excluding hydrogens is 340 g/mol. The first-order valence-electron chi connectivity index (χ1n) is 9.01. The molecule has 1 aliphatic rings. The maximum atomic E-state index is 12.2. The molecule has 1 aromatic carbocycles. The molecule has 3 N–H and O–H groups in total. The average Bonchev–Trinajstić information content (AvgIpc) is 2.69. The maximum absolute atomic E-state index is 12.2. The second-order valence-corrected chi connectivity index (χ2v) is 6.64. The van der Waals surface area contributed by atoms with Gasteiger partial charge in [-0.15, -0.1) is 0 Å². The van der Waals surface area contributed by atoms with Gasteiger partial charge in [-0.1, -0.05) is 48.1 Å². The van der Waals surface area contributed by atoms with Gasteiger partial charge in [-0.25, -0.2) is 5.48 Å². The standard InChI is InChI=1S/C22H26N2O3/c1-16(2)19-11-8-17(9-12-19)6-4-14-23-22(26)20-7-3-5-18(15-20)10-13-21(25)24-27/h3-8,10,13,15,19,27H,1,9,11-12,14H2,2H3,(H,23,26)(H,24,25). The van der Waals surface area contributed by atoms with Gasteiger partial charge < -0.3 is 5.32 Å². The van der Waals surface area contributed by atoms with E-state index in [0.717, 1.165) is 19.3 Å². The highest BCUT2D eigenvalue weighted by atomic mass is 16.5. The minimum Gasteiger partial charge on any atom is -0.349 e. The quantitative estimate of drug-likeness (QED) is 0.297. The molecule has 1 aromatic rings. The first-order chi connectivity index (χ1) is 13.0. The lowest BCUT2D eigenvalue weighted by atomic mass is 9.85. The SMILES string of the molecule is C=C(C)C1CC=C(C=CCNC(=O)c2cccc(C=CC(=O)NO)c2)CC1. The van der Waals surface area contributed by atoms with Gasteiger partial charge in [0.05, 0.1) is 0 Å². The van der Waals surface area contributed by atoms with Gasteiger partial charge in [0.25, 0.3) is 11.8 Å². The minimum absolute atomic E-state index is 0.179. The van der Waals surface area contributed by atoms with Crippen molar-refractivity contribution in [2.45, 2.75) is 26.2 Å². The summed E-state index contributed by atoms with van der Waals surface area (Å²) in [4.78, 5) is 23.3. The molecule has 0 spiro atoms. The van der Waals surface area contributed by atoms with Crippen molar-refractivity contribution in [1.82, 2.24) is 10.8 Å². The van der Waals surface area contributed by atoms with Crippen molar-refractivity contribution in [2.24, 2.45) is 5.92 Å². The van der Waals surface area contributed by atoms with Crippen LogP contribution in [0.3, 0.4) is 0 Å². The zero-order chi connectivity index (χ0) is 19.6. The lowest BCUT2D eigenvalue weighted by Crippen LogP contribution is -2.23. The summed E-state index contributed by atoms with van der Waals surface area (Å²) in [7, 11) is 0. The van der Waals surface area contributed by atoms with Crippen LogP contribution in [0.25, 0.3) is 6.08 Å². The van der Waals surface area contributed by atoms with E-state index < -0.39 is 5.91 Å². The van der Waals surface area contributed by atoms with Crippen molar-refractivity contribution in [2.75, 3.05) is 6.54 Å². The van der Waals surface area contributed by atoms with E-state index in [1.807, 2.05) is 6.08 Å². The molecule has 5 heteroatoms. The molecule has 0 aliphatic heterocycles. The molecular formula is C22H26N2O3. The number of carbonyl (C=O) groups excluding carboxylic acids is 2. The van der Waals surface area contributed by atoms with Gasteiger partial charge in [0.2, 0.25) is 0 Å². The predicted octanol–water partition coefficient (Wildman–Crippen LogP) is 3.79. The van der Waals surface area contributed by atoms with E-state index in [-0.39, 0.29) is 5.91 Å². The Hall–Kier alpha value is -2.92. The number of nitrogens with one attached hydrogen (secondary N) is 2. The summed E-state index contributed by atoms with van der Waals surface area (Å²) in [5, 5.41) is 11.3. The molecule has 0 saturated carbocycles. The first-order valence-corrected chi connectivity index (χ1v) is 9.01. The molecule has 0 radical (unpaired) electrons. The van der Waals surface area contributed by atoms with Crippen molar-refractivity contribution in [1.29, 1.82) is 0 Å². The van der Waals surface area contributed by atoms with E-state index in [1.165, 1.54) is 28.8 Å². The molecule has 1 aliphatic carbocycles. The molecule has 2 rings (SSSR count). The Morgan fingerprint density at radius 1 is 1.33 bits per heavy atom. The highest BCUT2D eigenvalue weighted by molar-refractivity contribution is 5.95. The zero-order valence-electron chi connectivity index (χ0n) is 15.6. The number of allylic oxidation sites excluding steroid dienone is 4. The van der Waals surface area contributed by atoms with E-state index >= 15 is 0 Å². The van der Waals surface area contributed by atoms with Gasteiger partial charge in [0, 0.05) is 18.2 Å². The van der Waals surface area contributed by atoms with Crippen LogP contribution in [-0.4, -0.2) is 23.6 Å². The van der Waals surface area contributed by atoms with Gasteiger partial charge >= 0.3 is 0 Å². The summed E-state index contributed by atoms with van der Waals surface area (Å²) in [5.41, 5.74) is 5.27. The Kier molecular flexibility index (Phi) is 7.77. The van der Waals surface area contributed by atoms with Gasteiger partial charge in [-0.2, -0.15) is 0 Å². The smallest absolute Gasteiger partial charge is 0.267 e. The number of hydrogen-bond donors (Lipinski definition) is 3. The van der Waals surface area contributed by atoms with Crippen molar-refractivity contribution in [3.8, 4) is 0 Å². The fourth-order valence-electron chi connectivity index (χ4n) is 2.91. The van der Waals surface area contributed by atoms with Crippen LogP contribution in [0, 0.1) is 5.92 Å². The van der Waals surface area contributed by atoms with Gasteiger partial charge in [0.15, 0.2) is 0 Å². The Morgan fingerprint density at radius 2 is 2.15 bits per heavy atom. The predicted molar refractivity (Wildman–Crippen MR) is 107 cm³/mol. The lowest BCUT2D eigenvalue weighted by Gasteiger charge is -2.20. The molecule has 2 amide bonds. The Labute approximate surface area is 160 Å². The molecule has 27 heavy (non-hydrogen) atoms. The maximum Gasteiger partial charge on any atom is 0.267 e. The average molecular weight is 366 g/mol. The lowest BCUT2D eigenvalue weighted by molar-refractivity contribution is -0.124. The van der Waals surface area contributed by atoms with Crippen LogP contribution in [0.5, 0.6) is 0 Å². The highest BCUT2D eigenvalue weighted by Crippen LogP contribution is 2.28. The van der Waals surface area contributed by atoms with Crippen molar-refractivity contribution >= 4 is 17.9 Å². The van der Waals surface area contributed by atoms with E-state index in [4.69, 9.17) is 5.21 Å². The molecule has 0 saturated heterocycles. The minimum atomic E-state index is -0.624. The fourth-order valence-corrected chi connectivity index (χ4v) is 2.91. The largest absolute Gasteiger partial charge is 0.349 e. The topological polar surface area (TPSA) is 78.4 Å². The summed E-state index contributed by atoms with van der Waals surface area (Å²) in [6, 6.07) is 6.91. The molecule has 0 bridgehead atoms. The second kappa shape index (κ2) is 10.3.